The van der Waals surface area contributed by atoms with Crippen LogP contribution in [0, 0.1) is 0 Å². The molecule has 0 aliphatic rings. The highest BCUT2D eigenvalue weighted by Crippen LogP contribution is 2.18. The van der Waals surface area contributed by atoms with Crippen molar-refractivity contribution in [3.05, 3.63) is 36.5 Å². The van der Waals surface area contributed by atoms with Crippen LogP contribution in [-0.4, -0.2) is 47.4 Å². The first-order chi connectivity index (χ1) is 37.5. The number of aliphatic hydroxyl groups is 2. The third-order valence-corrected chi connectivity index (χ3v) is 15.9. The monoisotopic (exact) mass is 1070 g/mol. The van der Waals surface area contributed by atoms with Crippen LogP contribution in [0.5, 0.6) is 0 Å². The highest BCUT2D eigenvalue weighted by molar-refractivity contribution is 5.76. The van der Waals surface area contributed by atoms with E-state index in [0.717, 1.165) is 51.4 Å². The van der Waals surface area contributed by atoms with Crippen LogP contribution in [0.25, 0.3) is 0 Å². The Labute approximate surface area is 474 Å². The van der Waals surface area contributed by atoms with Crippen molar-refractivity contribution in [1.82, 2.24) is 5.32 Å². The fourth-order valence-electron chi connectivity index (χ4n) is 10.7. The van der Waals surface area contributed by atoms with Gasteiger partial charge in [-0.15, -0.1) is 0 Å². The Morgan fingerprint density at radius 2 is 0.658 bits per heavy atom. The summed E-state index contributed by atoms with van der Waals surface area (Å²) in [5.74, 6) is -0.0275. The van der Waals surface area contributed by atoms with Crippen molar-refractivity contribution in [3.63, 3.8) is 0 Å². The largest absolute Gasteiger partial charge is 0.466 e. The lowest BCUT2D eigenvalue weighted by molar-refractivity contribution is -0.143. The zero-order chi connectivity index (χ0) is 55.0. The molecule has 0 aliphatic heterocycles. The maximum atomic E-state index is 12.5. The van der Waals surface area contributed by atoms with E-state index in [2.05, 4.69) is 55.6 Å². The normalized spacial score (nSPS) is 12.7. The Morgan fingerprint density at radius 1 is 0.368 bits per heavy atom. The molecular formula is C70H133NO5. The van der Waals surface area contributed by atoms with Crippen LogP contribution in [0.4, 0.5) is 0 Å². The minimum Gasteiger partial charge on any atom is -0.466 e. The number of amides is 1. The molecule has 0 rings (SSSR count). The maximum absolute atomic E-state index is 12.5. The Hall–Kier alpha value is -1.92. The quantitative estimate of drug-likeness (QED) is 0.0320. The van der Waals surface area contributed by atoms with Gasteiger partial charge in [-0.25, -0.2) is 0 Å². The number of aliphatic hydroxyl groups excluding tert-OH is 2. The number of allylic oxidation sites excluding steroid dienone is 6. The summed E-state index contributed by atoms with van der Waals surface area (Å²) in [5, 5.41) is 23.2. The molecule has 0 saturated carbocycles. The number of unbranched alkanes of at least 4 members (excludes halogenated alkanes) is 47. The van der Waals surface area contributed by atoms with Crippen molar-refractivity contribution in [2.24, 2.45) is 0 Å². The van der Waals surface area contributed by atoms with Crippen molar-refractivity contribution >= 4 is 11.9 Å². The van der Waals surface area contributed by atoms with Gasteiger partial charge in [-0.1, -0.05) is 314 Å². The molecule has 0 bridgehead atoms. The molecule has 448 valence electrons. The predicted octanol–water partition coefficient (Wildman–Crippen LogP) is 21.9. The van der Waals surface area contributed by atoms with Crippen LogP contribution in [0.15, 0.2) is 36.5 Å². The van der Waals surface area contributed by atoms with Gasteiger partial charge in [0.1, 0.15) is 0 Å². The van der Waals surface area contributed by atoms with Crippen molar-refractivity contribution < 1.29 is 24.5 Å². The van der Waals surface area contributed by atoms with E-state index < -0.39 is 12.1 Å². The molecule has 0 aromatic rings. The molecule has 76 heavy (non-hydrogen) atoms. The smallest absolute Gasteiger partial charge is 0.305 e. The fourth-order valence-corrected chi connectivity index (χ4v) is 10.7. The molecule has 0 spiro atoms. The molecule has 1 amide bonds. The average Bonchev–Trinajstić information content (AvgIpc) is 3.42. The maximum Gasteiger partial charge on any atom is 0.305 e. The number of ether oxygens (including phenoxy) is 1. The van der Waals surface area contributed by atoms with Crippen LogP contribution in [-0.2, 0) is 14.3 Å². The minimum atomic E-state index is -0.663. The van der Waals surface area contributed by atoms with E-state index in [1.54, 1.807) is 0 Å². The van der Waals surface area contributed by atoms with Crippen LogP contribution in [0.3, 0.4) is 0 Å². The Balaban J connectivity index is 3.38. The van der Waals surface area contributed by atoms with Crippen molar-refractivity contribution in [2.75, 3.05) is 13.2 Å². The van der Waals surface area contributed by atoms with Gasteiger partial charge in [0.2, 0.25) is 5.91 Å². The summed E-state index contributed by atoms with van der Waals surface area (Å²) in [7, 11) is 0. The molecule has 6 heteroatoms. The van der Waals surface area contributed by atoms with Crippen LogP contribution in [0.2, 0.25) is 0 Å². The second kappa shape index (κ2) is 65.6. The molecule has 2 atom stereocenters. The first-order valence-corrected chi connectivity index (χ1v) is 34.2. The SMILES string of the molecule is CCCCCCCCC/C=C\CCCCCCCC(=O)OCCCCCCCCCCC/C=C\C/C=C\CCCCCCCCCCCCCCCCCC(=O)NC(CO)C(O)CCCCCCCCCCCCCC. The van der Waals surface area contributed by atoms with Gasteiger partial charge in [0.05, 0.1) is 25.4 Å². The highest BCUT2D eigenvalue weighted by Gasteiger charge is 2.20. The molecule has 0 aliphatic carbocycles. The van der Waals surface area contributed by atoms with Crippen molar-refractivity contribution in [2.45, 2.75) is 386 Å². The van der Waals surface area contributed by atoms with Gasteiger partial charge >= 0.3 is 5.97 Å². The van der Waals surface area contributed by atoms with Crippen molar-refractivity contribution in [1.29, 1.82) is 0 Å². The van der Waals surface area contributed by atoms with E-state index in [1.165, 1.54) is 289 Å². The van der Waals surface area contributed by atoms with Gasteiger partial charge < -0.3 is 20.3 Å². The molecule has 0 aromatic carbocycles. The first-order valence-electron chi connectivity index (χ1n) is 34.2. The van der Waals surface area contributed by atoms with E-state index in [-0.39, 0.29) is 18.5 Å². The topological polar surface area (TPSA) is 95.9 Å². The second-order valence-electron chi connectivity index (χ2n) is 23.5. The predicted molar refractivity (Wildman–Crippen MR) is 333 cm³/mol. The summed E-state index contributed by atoms with van der Waals surface area (Å²) in [5.41, 5.74) is 0. The summed E-state index contributed by atoms with van der Waals surface area (Å²) in [6.45, 7) is 4.96. The standard InChI is InChI=1S/C70H133NO5/c1-3-5-7-9-11-13-15-17-18-37-40-44-48-52-56-60-64-70(75)76-65-61-57-53-49-45-41-38-35-33-31-29-27-25-23-21-19-20-22-24-26-28-30-32-34-36-39-43-47-51-55-59-63-69(74)71-67(66-72)68(73)62-58-54-50-46-42-16-14-12-10-8-6-4-2/h18,21,23,27,29,37,67-68,72-73H,3-17,19-20,22,24-26,28,30-36,38-66H2,1-2H3,(H,71,74)/b23-21-,29-27-,37-18-. The highest BCUT2D eigenvalue weighted by atomic mass is 16.5. The molecule has 0 fully saturated rings. The zero-order valence-electron chi connectivity index (χ0n) is 51.3. The van der Waals surface area contributed by atoms with Gasteiger partial charge in [0.25, 0.3) is 0 Å². The van der Waals surface area contributed by atoms with E-state index in [4.69, 9.17) is 4.74 Å². The number of carbonyl (C=O) groups is 2. The summed E-state index contributed by atoms with van der Waals surface area (Å²) < 4.78 is 5.49. The number of carbonyl (C=O) groups excluding carboxylic acids is 2. The molecule has 0 radical (unpaired) electrons. The lowest BCUT2D eigenvalue weighted by Gasteiger charge is -2.22. The zero-order valence-corrected chi connectivity index (χ0v) is 51.3. The van der Waals surface area contributed by atoms with Crippen LogP contribution in [0.1, 0.15) is 373 Å². The van der Waals surface area contributed by atoms with Gasteiger partial charge in [0.15, 0.2) is 0 Å². The second-order valence-corrected chi connectivity index (χ2v) is 23.5. The minimum absolute atomic E-state index is 0.00603. The molecule has 0 saturated heterocycles. The number of hydrogen-bond acceptors (Lipinski definition) is 5. The third kappa shape index (κ3) is 61.3. The molecule has 2 unspecified atom stereocenters. The summed E-state index contributed by atoms with van der Waals surface area (Å²) >= 11 is 0. The number of hydrogen-bond donors (Lipinski definition) is 3. The lowest BCUT2D eigenvalue weighted by Crippen LogP contribution is -2.45. The van der Waals surface area contributed by atoms with E-state index in [9.17, 15) is 19.8 Å². The molecule has 3 N–H and O–H groups in total. The Morgan fingerprint density at radius 3 is 1.01 bits per heavy atom. The Bertz CT molecular complexity index is 1230. The Kier molecular flexibility index (Phi) is 63.9. The third-order valence-electron chi connectivity index (χ3n) is 15.9. The van der Waals surface area contributed by atoms with E-state index in [0.29, 0.717) is 25.9 Å². The summed E-state index contributed by atoms with van der Waals surface area (Å²) in [6, 6.07) is -0.540. The molecule has 6 nitrogen and oxygen atoms in total. The summed E-state index contributed by atoms with van der Waals surface area (Å²) in [6.07, 6.45) is 83.3. The van der Waals surface area contributed by atoms with Crippen LogP contribution >= 0.6 is 0 Å². The number of esters is 1. The van der Waals surface area contributed by atoms with E-state index in [1.807, 2.05) is 0 Å². The molecule has 0 aromatic heterocycles. The summed E-state index contributed by atoms with van der Waals surface area (Å²) in [4.78, 5) is 24.5. The van der Waals surface area contributed by atoms with Gasteiger partial charge in [-0.05, 0) is 83.5 Å². The molecular weight excluding hydrogens is 935 g/mol. The first kappa shape index (κ1) is 74.1. The van der Waals surface area contributed by atoms with Crippen molar-refractivity contribution in [3.8, 4) is 0 Å². The van der Waals surface area contributed by atoms with Crippen LogP contribution < -0.4 is 5.32 Å². The van der Waals surface area contributed by atoms with Gasteiger partial charge in [-0.3, -0.25) is 9.59 Å². The average molecular weight is 1070 g/mol. The van der Waals surface area contributed by atoms with Gasteiger partial charge in [0, 0.05) is 12.8 Å². The fraction of sp³-hybridized carbons (Fsp3) is 0.886. The van der Waals surface area contributed by atoms with Gasteiger partial charge in [-0.2, -0.15) is 0 Å². The number of rotatable bonds is 64. The number of nitrogens with one attached hydrogen (secondary N) is 1. The van der Waals surface area contributed by atoms with E-state index >= 15 is 0 Å². The molecule has 0 heterocycles. The lowest BCUT2D eigenvalue weighted by atomic mass is 10.0.